The lowest BCUT2D eigenvalue weighted by molar-refractivity contribution is 0.454. The van der Waals surface area contributed by atoms with E-state index in [-0.39, 0.29) is 10.9 Å². The smallest absolute Gasteiger partial charge is 0.238 e. The zero-order valence-corrected chi connectivity index (χ0v) is 12.4. The van der Waals surface area contributed by atoms with E-state index in [4.69, 9.17) is 5.14 Å². The Bertz CT molecular complexity index is 575. The van der Waals surface area contributed by atoms with Gasteiger partial charge in [-0.3, -0.25) is 0 Å². The van der Waals surface area contributed by atoms with Gasteiger partial charge >= 0.3 is 0 Å². The first-order chi connectivity index (χ1) is 9.38. The van der Waals surface area contributed by atoms with E-state index in [0.717, 1.165) is 25.3 Å². The molecule has 2 rings (SSSR count). The maximum Gasteiger partial charge on any atom is 0.238 e. The molecule has 1 aliphatic carbocycles. The van der Waals surface area contributed by atoms with E-state index in [1.54, 1.807) is 0 Å². The number of halogens is 1. The zero-order valence-electron chi connectivity index (χ0n) is 11.6. The van der Waals surface area contributed by atoms with Crippen LogP contribution in [-0.2, 0) is 10.0 Å². The van der Waals surface area contributed by atoms with E-state index < -0.39 is 15.8 Å². The summed E-state index contributed by atoms with van der Waals surface area (Å²) in [5.41, 5.74) is 0.344. The highest BCUT2D eigenvalue weighted by atomic mass is 32.2. The number of primary sulfonamides is 1. The molecular weight excluding hydrogens is 279 g/mol. The second-order valence-corrected chi connectivity index (χ2v) is 7.11. The first-order valence-electron chi connectivity index (χ1n) is 6.97. The number of nitrogens with two attached hydrogens (primary N) is 1. The summed E-state index contributed by atoms with van der Waals surface area (Å²) in [6.07, 6.45) is 5.71. The Balaban J connectivity index is 2.17. The van der Waals surface area contributed by atoms with E-state index in [9.17, 15) is 12.8 Å². The van der Waals surface area contributed by atoms with Crippen LogP contribution < -0.4 is 10.5 Å². The number of nitrogens with one attached hydrogen (secondary N) is 1. The van der Waals surface area contributed by atoms with Crippen LogP contribution in [0.5, 0.6) is 0 Å². The van der Waals surface area contributed by atoms with E-state index in [0.29, 0.717) is 11.6 Å². The predicted molar refractivity (Wildman–Crippen MR) is 77.4 cm³/mol. The molecule has 1 aromatic rings. The summed E-state index contributed by atoms with van der Waals surface area (Å²) in [7, 11) is -3.86. The van der Waals surface area contributed by atoms with Crippen molar-refractivity contribution in [2.45, 2.75) is 50.0 Å². The highest BCUT2D eigenvalue weighted by Gasteiger charge is 2.21. The van der Waals surface area contributed by atoms with E-state index in [1.807, 2.05) is 0 Å². The topological polar surface area (TPSA) is 72.2 Å². The van der Waals surface area contributed by atoms with Crippen LogP contribution >= 0.6 is 0 Å². The number of benzene rings is 1. The molecule has 0 heterocycles. The van der Waals surface area contributed by atoms with Gasteiger partial charge in [-0.1, -0.05) is 26.2 Å². The third-order valence-electron chi connectivity index (χ3n) is 3.97. The number of rotatable bonds is 3. The van der Waals surface area contributed by atoms with Crippen LogP contribution in [0.15, 0.2) is 23.1 Å². The Hall–Kier alpha value is -1.14. The summed E-state index contributed by atoms with van der Waals surface area (Å²) in [4.78, 5) is -0.200. The van der Waals surface area contributed by atoms with Crippen LogP contribution in [0.2, 0.25) is 0 Å². The zero-order chi connectivity index (χ0) is 14.8. The first-order valence-corrected chi connectivity index (χ1v) is 8.51. The molecule has 0 spiro atoms. The summed E-state index contributed by atoms with van der Waals surface area (Å²) in [5, 5.41) is 8.19. The Morgan fingerprint density at radius 3 is 2.60 bits per heavy atom. The maximum absolute atomic E-state index is 14.0. The van der Waals surface area contributed by atoms with Crippen molar-refractivity contribution in [1.82, 2.24) is 0 Å². The van der Waals surface area contributed by atoms with Crippen LogP contribution in [0.4, 0.5) is 10.1 Å². The van der Waals surface area contributed by atoms with Gasteiger partial charge < -0.3 is 5.32 Å². The van der Waals surface area contributed by atoms with Crippen LogP contribution in [0, 0.1) is 11.7 Å². The fraction of sp³-hybridized carbons (Fsp3) is 0.571. The van der Waals surface area contributed by atoms with Crippen molar-refractivity contribution in [3.05, 3.63) is 24.0 Å². The number of hydrogen-bond acceptors (Lipinski definition) is 3. The van der Waals surface area contributed by atoms with Gasteiger partial charge in [0, 0.05) is 6.04 Å². The number of sulfonamides is 1. The van der Waals surface area contributed by atoms with Crippen LogP contribution in [0.3, 0.4) is 0 Å². The summed E-state index contributed by atoms with van der Waals surface area (Å²) in [6.45, 7) is 2.17. The molecule has 0 radical (unpaired) electrons. The van der Waals surface area contributed by atoms with Gasteiger partial charge in [-0.25, -0.2) is 17.9 Å². The molecule has 1 fully saturated rings. The molecular formula is C14H21FN2O2S. The molecule has 112 valence electrons. The lowest BCUT2D eigenvalue weighted by Gasteiger charge is -2.24. The highest BCUT2D eigenvalue weighted by Crippen LogP contribution is 2.27. The summed E-state index contributed by atoms with van der Waals surface area (Å²) in [5.74, 6) is -0.0946. The molecule has 0 bridgehead atoms. The SMILES string of the molecule is CC1CCCCCC1Nc1ccc(S(N)(=O)=O)cc1F. The second-order valence-electron chi connectivity index (χ2n) is 5.55. The molecule has 0 aliphatic heterocycles. The molecule has 1 aromatic carbocycles. The fourth-order valence-electron chi connectivity index (χ4n) is 2.70. The van der Waals surface area contributed by atoms with Crippen molar-refractivity contribution in [2.24, 2.45) is 11.1 Å². The molecule has 0 saturated heterocycles. The number of anilines is 1. The highest BCUT2D eigenvalue weighted by molar-refractivity contribution is 7.89. The molecule has 1 saturated carbocycles. The van der Waals surface area contributed by atoms with Crippen molar-refractivity contribution < 1.29 is 12.8 Å². The van der Waals surface area contributed by atoms with E-state index >= 15 is 0 Å². The van der Waals surface area contributed by atoms with Crippen molar-refractivity contribution in [2.75, 3.05) is 5.32 Å². The van der Waals surface area contributed by atoms with Gasteiger partial charge in [0.25, 0.3) is 0 Å². The van der Waals surface area contributed by atoms with Crippen LogP contribution in [-0.4, -0.2) is 14.5 Å². The molecule has 2 unspecified atom stereocenters. The lowest BCUT2D eigenvalue weighted by Crippen LogP contribution is -2.26. The van der Waals surface area contributed by atoms with E-state index in [2.05, 4.69) is 12.2 Å². The average Bonchev–Trinajstić information content (AvgIpc) is 2.56. The quantitative estimate of drug-likeness (QED) is 0.843. The van der Waals surface area contributed by atoms with Crippen LogP contribution in [0.1, 0.15) is 39.0 Å². The molecule has 20 heavy (non-hydrogen) atoms. The van der Waals surface area contributed by atoms with Gasteiger partial charge in [-0.05, 0) is 37.0 Å². The molecule has 6 heteroatoms. The van der Waals surface area contributed by atoms with E-state index in [1.165, 1.54) is 25.0 Å². The Labute approximate surface area is 119 Å². The lowest BCUT2D eigenvalue weighted by atomic mass is 9.96. The molecule has 4 nitrogen and oxygen atoms in total. The monoisotopic (exact) mass is 300 g/mol. The standard InChI is InChI=1S/C14H21FN2O2S/c1-10-5-3-2-4-6-13(10)17-14-8-7-11(9-12(14)15)20(16,18)19/h7-10,13,17H,2-6H2,1H3,(H2,16,18,19). The fourth-order valence-corrected chi connectivity index (χ4v) is 3.22. The average molecular weight is 300 g/mol. The maximum atomic E-state index is 14.0. The molecule has 0 amide bonds. The Kier molecular flexibility index (Phi) is 4.65. The summed E-state index contributed by atoms with van der Waals surface area (Å²) in [6, 6.07) is 3.99. The minimum Gasteiger partial charge on any atom is -0.380 e. The van der Waals surface area contributed by atoms with Crippen molar-refractivity contribution in [1.29, 1.82) is 0 Å². The normalized spacial score (nSPS) is 24.1. The van der Waals surface area contributed by atoms with Gasteiger partial charge in [-0.2, -0.15) is 0 Å². The van der Waals surface area contributed by atoms with Gasteiger partial charge in [0.05, 0.1) is 10.6 Å². The Morgan fingerprint density at radius 2 is 1.95 bits per heavy atom. The molecule has 0 aromatic heterocycles. The number of hydrogen-bond donors (Lipinski definition) is 2. The summed E-state index contributed by atoms with van der Waals surface area (Å²) < 4.78 is 36.3. The molecule has 1 aliphatic rings. The first kappa shape index (κ1) is 15.3. The molecule has 2 atom stereocenters. The third-order valence-corrected chi connectivity index (χ3v) is 4.88. The van der Waals surface area contributed by atoms with Crippen molar-refractivity contribution in [3.63, 3.8) is 0 Å². The largest absolute Gasteiger partial charge is 0.380 e. The Morgan fingerprint density at radius 1 is 1.25 bits per heavy atom. The summed E-state index contributed by atoms with van der Waals surface area (Å²) >= 11 is 0. The minimum absolute atomic E-state index is 0.200. The predicted octanol–water partition coefficient (Wildman–Crippen LogP) is 2.85. The van der Waals surface area contributed by atoms with Crippen molar-refractivity contribution >= 4 is 15.7 Å². The van der Waals surface area contributed by atoms with Gasteiger partial charge in [0.15, 0.2) is 0 Å². The minimum atomic E-state index is -3.86. The van der Waals surface area contributed by atoms with Gasteiger partial charge in [0.2, 0.25) is 10.0 Å². The third kappa shape index (κ3) is 3.70. The van der Waals surface area contributed by atoms with Crippen LogP contribution in [0.25, 0.3) is 0 Å². The van der Waals surface area contributed by atoms with Gasteiger partial charge in [-0.15, -0.1) is 0 Å². The van der Waals surface area contributed by atoms with Gasteiger partial charge in [0.1, 0.15) is 5.82 Å². The molecule has 3 N–H and O–H groups in total. The second kappa shape index (κ2) is 6.10. The van der Waals surface area contributed by atoms with Crippen molar-refractivity contribution in [3.8, 4) is 0 Å².